The SMILES string of the molecule is CC(C)N(CCC(=O)O)C1CCSc2ccccc21. The molecule has 104 valence electrons. The molecule has 0 saturated heterocycles. The van der Waals surface area contributed by atoms with E-state index in [1.807, 2.05) is 11.8 Å². The van der Waals surface area contributed by atoms with Gasteiger partial charge in [-0.25, -0.2) is 0 Å². The summed E-state index contributed by atoms with van der Waals surface area (Å²) in [4.78, 5) is 14.5. The van der Waals surface area contributed by atoms with Crippen molar-refractivity contribution in [3.05, 3.63) is 29.8 Å². The van der Waals surface area contributed by atoms with Crippen molar-refractivity contribution in [2.75, 3.05) is 12.3 Å². The summed E-state index contributed by atoms with van der Waals surface area (Å²) in [5, 5.41) is 8.91. The molecular formula is C15H21NO2S. The van der Waals surface area contributed by atoms with Crippen LogP contribution >= 0.6 is 11.8 Å². The van der Waals surface area contributed by atoms with Gasteiger partial charge in [-0.05, 0) is 37.7 Å². The number of benzene rings is 1. The first-order valence-electron chi connectivity index (χ1n) is 6.79. The van der Waals surface area contributed by atoms with Crippen LogP contribution in [0.15, 0.2) is 29.2 Å². The van der Waals surface area contributed by atoms with Crippen molar-refractivity contribution in [1.29, 1.82) is 0 Å². The largest absolute Gasteiger partial charge is 0.481 e. The Bertz CT molecular complexity index is 448. The third-order valence-corrected chi connectivity index (χ3v) is 4.70. The number of thioether (sulfide) groups is 1. The molecule has 0 bridgehead atoms. The molecule has 1 aromatic carbocycles. The normalized spacial score (nSPS) is 18.6. The Morgan fingerprint density at radius 3 is 2.89 bits per heavy atom. The zero-order chi connectivity index (χ0) is 13.8. The molecule has 1 aromatic rings. The van der Waals surface area contributed by atoms with Gasteiger partial charge in [0.15, 0.2) is 0 Å². The Morgan fingerprint density at radius 2 is 2.21 bits per heavy atom. The van der Waals surface area contributed by atoms with Crippen molar-refractivity contribution in [3.63, 3.8) is 0 Å². The molecule has 1 N–H and O–H groups in total. The molecule has 0 spiro atoms. The first-order chi connectivity index (χ1) is 9.09. The van der Waals surface area contributed by atoms with Crippen molar-refractivity contribution in [2.45, 2.75) is 43.7 Å². The summed E-state index contributed by atoms with van der Waals surface area (Å²) >= 11 is 1.90. The van der Waals surface area contributed by atoms with Gasteiger partial charge in [-0.3, -0.25) is 9.69 Å². The van der Waals surface area contributed by atoms with Crippen LogP contribution in [0.4, 0.5) is 0 Å². The van der Waals surface area contributed by atoms with Crippen LogP contribution in [0.25, 0.3) is 0 Å². The van der Waals surface area contributed by atoms with Gasteiger partial charge in [-0.2, -0.15) is 0 Å². The fourth-order valence-electron chi connectivity index (χ4n) is 2.67. The molecule has 0 radical (unpaired) electrons. The molecule has 0 fully saturated rings. The summed E-state index contributed by atoms with van der Waals surface area (Å²) in [6.45, 7) is 4.91. The maximum Gasteiger partial charge on any atom is 0.304 e. The Balaban J connectivity index is 2.20. The Kier molecular flexibility index (Phi) is 4.88. The lowest BCUT2D eigenvalue weighted by atomic mass is 10.00. The van der Waals surface area contributed by atoms with E-state index in [2.05, 4.69) is 43.0 Å². The van der Waals surface area contributed by atoms with E-state index in [1.165, 1.54) is 10.5 Å². The van der Waals surface area contributed by atoms with E-state index < -0.39 is 5.97 Å². The molecule has 3 nitrogen and oxygen atoms in total. The number of rotatable bonds is 5. The third-order valence-electron chi connectivity index (χ3n) is 3.57. The van der Waals surface area contributed by atoms with Crippen LogP contribution in [0.3, 0.4) is 0 Å². The minimum absolute atomic E-state index is 0.212. The van der Waals surface area contributed by atoms with Crippen LogP contribution in [0, 0.1) is 0 Å². The van der Waals surface area contributed by atoms with Crippen molar-refractivity contribution in [3.8, 4) is 0 Å². The molecule has 1 atom stereocenters. The molecule has 0 aliphatic carbocycles. The van der Waals surface area contributed by atoms with E-state index in [0.717, 1.165) is 12.2 Å². The van der Waals surface area contributed by atoms with Gasteiger partial charge in [0.2, 0.25) is 0 Å². The quantitative estimate of drug-likeness (QED) is 0.896. The molecular weight excluding hydrogens is 258 g/mol. The summed E-state index contributed by atoms with van der Waals surface area (Å²) in [6, 6.07) is 9.22. The highest BCUT2D eigenvalue weighted by Gasteiger charge is 2.27. The van der Waals surface area contributed by atoms with Crippen LogP contribution in [0.1, 0.15) is 38.3 Å². The van der Waals surface area contributed by atoms with Gasteiger partial charge in [0.05, 0.1) is 6.42 Å². The highest BCUT2D eigenvalue weighted by molar-refractivity contribution is 7.99. The zero-order valence-electron chi connectivity index (χ0n) is 11.5. The first-order valence-corrected chi connectivity index (χ1v) is 7.77. The second-order valence-corrected chi connectivity index (χ2v) is 6.30. The summed E-state index contributed by atoms with van der Waals surface area (Å²) < 4.78 is 0. The van der Waals surface area contributed by atoms with Gasteiger partial charge in [-0.15, -0.1) is 11.8 Å². The van der Waals surface area contributed by atoms with Crippen LogP contribution in [0.5, 0.6) is 0 Å². The van der Waals surface area contributed by atoms with Gasteiger partial charge in [-0.1, -0.05) is 18.2 Å². The molecule has 1 aliphatic heterocycles. The Labute approximate surface area is 119 Å². The van der Waals surface area contributed by atoms with E-state index in [-0.39, 0.29) is 6.42 Å². The number of nitrogens with zero attached hydrogens (tertiary/aromatic N) is 1. The zero-order valence-corrected chi connectivity index (χ0v) is 12.3. The number of fused-ring (bicyclic) bond motifs is 1. The van der Waals surface area contributed by atoms with Gasteiger partial charge in [0.25, 0.3) is 0 Å². The number of carbonyl (C=O) groups is 1. The van der Waals surface area contributed by atoms with E-state index in [4.69, 9.17) is 5.11 Å². The van der Waals surface area contributed by atoms with E-state index >= 15 is 0 Å². The number of aliphatic carboxylic acids is 1. The molecule has 1 heterocycles. The lowest BCUT2D eigenvalue weighted by molar-refractivity contribution is -0.137. The predicted octanol–water partition coefficient (Wildman–Crippen LogP) is 3.41. The minimum atomic E-state index is -0.718. The van der Waals surface area contributed by atoms with Gasteiger partial charge < -0.3 is 5.11 Å². The average Bonchev–Trinajstić information content (AvgIpc) is 2.38. The van der Waals surface area contributed by atoms with Crippen LogP contribution in [-0.2, 0) is 4.79 Å². The topological polar surface area (TPSA) is 40.5 Å². The number of hydrogen-bond donors (Lipinski definition) is 1. The summed E-state index contributed by atoms with van der Waals surface area (Å²) in [7, 11) is 0. The van der Waals surface area contributed by atoms with Crippen molar-refractivity contribution >= 4 is 17.7 Å². The fraction of sp³-hybridized carbons (Fsp3) is 0.533. The maximum atomic E-state index is 10.8. The molecule has 0 amide bonds. The maximum absolute atomic E-state index is 10.8. The lowest BCUT2D eigenvalue weighted by Gasteiger charge is -2.38. The monoisotopic (exact) mass is 279 g/mol. The Morgan fingerprint density at radius 1 is 1.47 bits per heavy atom. The van der Waals surface area contributed by atoms with E-state index in [9.17, 15) is 4.79 Å². The average molecular weight is 279 g/mol. The summed E-state index contributed by atoms with van der Waals surface area (Å²) in [5.74, 6) is 0.391. The molecule has 0 saturated carbocycles. The van der Waals surface area contributed by atoms with Gasteiger partial charge in [0, 0.05) is 23.5 Å². The molecule has 1 aliphatic rings. The van der Waals surface area contributed by atoms with E-state index in [1.54, 1.807) is 0 Å². The standard InChI is InChI=1S/C15H21NO2S/c1-11(2)16(9-7-15(17)18)13-8-10-19-14-6-4-3-5-12(13)14/h3-6,11,13H,7-10H2,1-2H3,(H,17,18). The second-order valence-electron chi connectivity index (χ2n) is 5.17. The van der Waals surface area contributed by atoms with Crippen LogP contribution in [-0.4, -0.2) is 34.3 Å². The van der Waals surface area contributed by atoms with Crippen LogP contribution in [0.2, 0.25) is 0 Å². The lowest BCUT2D eigenvalue weighted by Crippen LogP contribution is -2.38. The predicted molar refractivity (Wildman–Crippen MR) is 78.6 cm³/mol. The fourth-order valence-corrected chi connectivity index (χ4v) is 3.77. The number of hydrogen-bond acceptors (Lipinski definition) is 3. The van der Waals surface area contributed by atoms with Crippen LogP contribution < -0.4 is 0 Å². The summed E-state index contributed by atoms with van der Waals surface area (Å²) in [5.41, 5.74) is 1.36. The summed E-state index contributed by atoms with van der Waals surface area (Å²) in [6.07, 6.45) is 1.31. The van der Waals surface area contributed by atoms with Gasteiger partial charge >= 0.3 is 5.97 Å². The first kappa shape index (κ1) is 14.4. The van der Waals surface area contributed by atoms with Crippen molar-refractivity contribution in [2.24, 2.45) is 0 Å². The highest BCUT2D eigenvalue weighted by atomic mass is 32.2. The molecule has 2 rings (SSSR count). The smallest absolute Gasteiger partial charge is 0.304 e. The molecule has 19 heavy (non-hydrogen) atoms. The second kappa shape index (κ2) is 6.44. The van der Waals surface area contributed by atoms with E-state index in [0.29, 0.717) is 18.6 Å². The van der Waals surface area contributed by atoms with Crippen molar-refractivity contribution in [1.82, 2.24) is 4.90 Å². The highest BCUT2D eigenvalue weighted by Crippen LogP contribution is 2.39. The minimum Gasteiger partial charge on any atom is -0.481 e. The number of carboxylic acids is 1. The Hall–Kier alpha value is -1.00. The number of carboxylic acid groups (broad SMARTS) is 1. The molecule has 4 heteroatoms. The third kappa shape index (κ3) is 3.51. The molecule has 1 unspecified atom stereocenters. The molecule has 0 aromatic heterocycles. The van der Waals surface area contributed by atoms with Crippen molar-refractivity contribution < 1.29 is 9.90 Å². The van der Waals surface area contributed by atoms with Gasteiger partial charge in [0.1, 0.15) is 0 Å².